The molecule has 2 saturated heterocycles. The van der Waals surface area contributed by atoms with Gasteiger partial charge in [-0.15, -0.1) is 0 Å². The Morgan fingerprint density at radius 1 is 1.33 bits per heavy atom. The van der Waals surface area contributed by atoms with Gasteiger partial charge in [-0.2, -0.15) is 0 Å². The highest BCUT2D eigenvalue weighted by molar-refractivity contribution is 5.74. The van der Waals surface area contributed by atoms with Crippen molar-refractivity contribution in [3.8, 4) is 0 Å². The zero-order valence-electron chi connectivity index (χ0n) is 12.8. The van der Waals surface area contributed by atoms with Gasteiger partial charge in [0.2, 0.25) is 0 Å². The molecular formula is C15H26N2O4. The van der Waals surface area contributed by atoms with E-state index in [1.165, 1.54) is 6.42 Å². The molecule has 0 aromatic rings. The molecular weight excluding hydrogens is 272 g/mol. The van der Waals surface area contributed by atoms with Crippen molar-refractivity contribution >= 4 is 12.0 Å². The first-order valence-corrected chi connectivity index (χ1v) is 7.89. The fraction of sp³-hybridized carbons (Fsp3) is 0.867. The van der Waals surface area contributed by atoms with E-state index < -0.39 is 5.97 Å². The number of ether oxygens (including phenoxy) is 1. The first-order chi connectivity index (χ1) is 10.1. The van der Waals surface area contributed by atoms with Crippen LogP contribution in [-0.4, -0.2) is 66.3 Å². The number of amides is 2. The van der Waals surface area contributed by atoms with E-state index in [1.807, 2.05) is 11.9 Å². The maximum absolute atomic E-state index is 12.4. The van der Waals surface area contributed by atoms with Gasteiger partial charge in [0, 0.05) is 39.7 Å². The van der Waals surface area contributed by atoms with E-state index in [1.54, 1.807) is 4.90 Å². The highest BCUT2D eigenvalue weighted by Gasteiger charge is 2.29. The average molecular weight is 298 g/mol. The summed E-state index contributed by atoms with van der Waals surface area (Å²) < 4.78 is 5.67. The van der Waals surface area contributed by atoms with Crippen molar-refractivity contribution in [2.75, 3.05) is 33.3 Å². The molecule has 0 aromatic carbocycles. The van der Waals surface area contributed by atoms with Crippen molar-refractivity contribution < 1.29 is 19.4 Å². The number of carbonyl (C=O) groups is 2. The lowest BCUT2D eigenvalue weighted by Gasteiger charge is -2.30. The number of urea groups is 1. The molecule has 0 saturated carbocycles. The van der Waals surface area contributed by atoms with Crippen LogP contribution in [0.15, 0.2) is 0 Å². The number of carboxylic acids is 1. The highest BCUT2D eigenvalue weighted by atomic mass is 16.5. The fourth-order valence-electron chi connectivity index (χ4n) is 3.15. The van der Waals surface area contributed by atoms with Gasteiger partial charge in [0.25, 0.3) is 0 Å². The molecule has 0 aromatic heterocycles. The van der Waals surface area contributed by atoms with E-state index in [4.69, 9.17) is 9.84 Å². The Hall–Kier alpha value is -1.30. The van der Waals surface area contributed by atoms with Crippen LogP contribution < -0.4 is 0 Å². The monoisotopic (exact) mass is 298 g/mol. The molecule has 2 aliphatic heterocycles. The number of hydrogen-bond donors (Lipinski definition) is 1. The Labute approximate surface area is 126 Å². The van der Waals surface area contributed by atoms with Crippen LogP contribution in [0.25, 0.3) is 0 Å². The van der Waals surface area contributed by atoms with E-state index in [-0.39, 0.29) is 18.6 Å². The lowest BCUT2D eigenvalue weighted by molar-refractivity contribution is -0.137. The highest BCUT2D eigenvalue weighted by Crippen LogP contribution is 2.22. The standard InChI is InChI=1S/C15H26N2O4/c1-16(11-13-4-2-3-9-21-13)15(20)17-8-7-12(10-17)5-6-14(18)19/h12-13H,2-11H2,1H3,(H,18,19). The molecule has 0 spiro atoms. The number of carbonyl (C=O) groups excluding carboxylic acids is 1. The fourth-order valence-corrected chi connectivity index (χ4v) is 3.15. The van der Waals surface area contributed by atoms with Crippen molar-refractivity contribution in [1.82, 2.24) is 9.80 Å². The maximum atomic E-state index is 12.4. The first-order valence-electron chi connectivity index (χ1n) is 7.89. The van der Waals surface area contributed by atoms with Gasteiger partial charge in [0.1, 0.15) is 0 Å². The van der Waals surface area contributed by atoms with Gasteiger partial charge in [-0.25, -0.2) is 4.79 Å². The van der Waals surface area contributed by atoms with Gasteiger partial charge in [-0.05, 0) is 38.0 Å². The number of likely N-dealkylation sites (tertiary alicyclic amines) is 1. The van der Waals surface area contributed by atoms with Crippen LogP contribution in [0, 0.1) is 5.92 Å². The SMILES string of the molecule is CN(CC1CCCCO1)C(=O)N1CCC(CCC(=O)O)C1. The number of hydrogen-bond acceptors (Lipinski definition) is 3. The summed E-state index contributed by atoms with van der Waals surface area (Å²) in [5.74, 6) is -0.435. The molecule has 2 rings (SSSR count). The van der Waals surface area contributed by atoms with Crippen LogP contribution in [0.5, 0.6) is 0 Å². The topological polar surface area (TPSA) is 70.1 Å². The Morgan fingerprint density at radius 3 is 2.81 bits per heavy atom. The van der Waals surface area contributed by atoms with Gasteiger partial charge >= 0.3 is 12.0 Å². The van der Waals surface area contributed by atoms with Gasteiger partial charge in [-0.1, -0.05) is 0 Å². The molecule has 0 aliphatic carbocycles. The minimum absolute atomic E-state index is 0.0435. The molecule has 6 heteroatoms. The second kappa shape index (κ2) is 7.64. The lowest BCUT2D eigenvalue weighted by Crippen LogP contribution is -2.44. The van der Waals surface area contributed by atoms with E-state index in [0.29, 0.717) is 25.4 Å². The zero-order chi connectivity index (χ0) is 15.2. The third-order valence-corrected chi connectivity index (χ3v) is 4.40. The van der Waals surface area contributed by atoms with Crippen LogP contribution in [0.4, 0.5) is 4.79 Å². The van der Waals surface area contributed by atoms with Crippen molar-refractivity contribution in [2.45, 2.75) is 44.6 Å². The van der Waals surface area contributed by atoms with Crippen LogP contribution >= 0.6 is 0 Å². The minimum atomic E-state index is -0.758. The average Bonchev–Trinajstić information content (AvgIpc) is 2.94. The molecule has 0 bridgehead atoms. The minimum Gasteiger partial charge on any atom is -0.481 e. The van der Waals surface area contributed by atoms with E-state index in [2.05, 4.69) is 0 Å². The summed E-state index contributed by atoms with van der Waals surface area (Å²) in [6.07, 6.45) is 5.25. The third-order valence-electron chi connectivity index (χ3n) is 4.40. The molecule has 6 nitrogen and oxygen atoms in total. The van der Waals surface area contributed by atoms with Crippen LogP contribution in [0.2, 0.25) is 0 Å². The Kier molecular flexibility index (Phi) is 5.85. The molecule has 2 atom stereocenters. The van der Waals surface area contributed by atoms with Gasteiger partial charge < -0.3 is 19.6 Å². The van der Waals surface area contributed by atoms with Crippen LogP contribution in [0.1, 0.15) is 38.5 Å². The number of aliphatic carboxylic acids is 1. The summed E-state index contributed by atoms with van der Waals surface area (Å²) in [5.41, 5.74) is 0. The predicted octanol–water partition coefficient (Wildman–Crippen LogP) is 1.79. The summed E-state index contributed by atoms with van der Waals surface area (Å²) in [7, 11) is 1.82. The number of carboxylic acid groups (broad SMARTS) is 1. The maximum Gasteiger partial charge on any atom is 0.319 e. The van der Waals surface area contributed by atoms with Crippen LogP contribution in [0.3, 0.4) is 0 Å². The second-order valence-electron chi connectivity index (χ2n) is 6.18. The smallest absolute Gasteiger partial charge is 0.319 e. The lowest BCUT2D eigenvalue weighted by atomic mass is 10.0. The Bertz CT molecular complexity index is 369. The van der Waals surface area contributed by atoms with Crippen molar-refractivity contribution in [3.63, 3.8) is 0 Å². The third kappa shape index (κ3) is 4.88. The van der Waals surface area contributed by atoms with Gasteiger partial charge in [0.05, 0.1) is 6.10 Å². The molecule has 2 fully saturated rings. The largest absolute Gasteiger partial charge is 0.481 e. The summed E-state index contributed by atoms with van der Waals surface area (Å²) in [4.78, 5) is 26.6. The summed E-state index contributed by atoms with van der Waals surface area (Å²) in [5, 5.41) is 8.72. The normalized spacial score (nSPS) is 25.9. The number of likely N-dealkylation sites (N-methyl/N-ethyl adjacent to an activating group) is 1. The molecule has 120 valence electrons. The second-order valence-corrected chi connectivity index (χ2v) is 6.18. The van der Waals surface area contributed by atoms with E-state index in [0.717, 1.165) is 32.4 Å². The van der Waals surface area contributed by atoms with Crippen molar-refractivity contribution in [3.05, 3.63) is 0 Å². The molecule has 2 amide bonds. The molecule has 2 heterocycles. The Balaban J connectivity index is 1.73. The first kappa shape index (κ1) is 16.1. The van der Waals surface area contributed by atoms with Crippen LogP contribution in [-0.2, 0) is 9.53 Å². The summed E-state index contributed by atoms with van der Waals surface area (Å²) in [6, 6.07) is 0.0435. The van der Waals surface area contributed by atoms with Gasteiger partial charge in [0.15, 0.2) is 0 Å². The number of rotatable bonds is 5. The summed E-state index contributed by atoms with van der Waals surface area (Å²) >= 11 is 0. The molecule has 2 aliphatic rings. The number of nitrogens with zero attached hydrogens (tertiary/aromatic N) is 2. The summed E-state index contributed by atoms with van der Waals surface area (Å²) in [6.45, 7) is 2.86. The van der Waals surface area contributed by atoms with Crippen molar-refractivity contribution in [1.29, 1.82) is 0 Å². The quantitative estimate of drug-likeness (QED) is 0.840. The van der Waals surface area contributed by atoms with Gasteiger partial charge in [-0.3, -0.25) is 4.79 Å². The van der Waals surface area contributed by atoms with E-state index in [9.17, 15) is 9.59 Å². The zero-order valence-corrected chi connectivity index (χ0v) is 12.8. The van der Waals surface area contributed by atoms with Crippen molar-refractivity contribution in [2.24, 2.45) is 5.92 Å². The molecule has 0 radical (unpaired) electrons. The molecule has 21 heavy (non-hydrogen) atoms. The molecule has 1 N–H and O–H groups in total. The van der Waals surface area contributed by atoms with E-state index >= 15 is 0 Å². The molecule has 2 unspecified atom stereocenters. The Morgan fingerprint density at radius 2 is 2.14 bits per heavy atom. The predicted molar refractivity (Wildman–Crippen MR) is 78.2 cm³/mol.